The number of thiazole rings is 1. The Morgan fingerprint density at radius 3 is 2.57 bits per heavy atom. The molecule has 1 aliphatic heterocycles. The van der Waals surface area contributed by atoms with Gasteiger partial charge < -0.3 is 20.4 Å². The summed E-state index contributed by atoms with van der Waals surface area (Å²) in [6, 6.07) is 6.16. The molecule has 0 bridgehead atoms. The van der Waals surface area contributed by atoms with Gasteiger partial charge in [0.1, 0.15) is 0 Å². The topological polar surface area (TPSA) is 55.8 Å². The number of aliphatic imine (C=N–C) groups is 1. The Kier molecular flexibility index (Phi) is 10.1. The Balaban J connectivity index is 0.00000320. The van der Waals surface area contributed by atoms with Gasteiger partial charge in [-0.1, -0.05) is 17.7 Å². The molecular formula is C21H32ClIN6S. The summed E-state index contributed by atoms with van der Waals surface area (Å²) in [5.41, 5.74) is 3.46. The number of benzene rings is 1. The number of rotatable bonds is 6. The van der Waals surface area contributed by atoms with Gasteiger partial charge in [0.15, 0.2) is 5.96 Å². The summed E-state index contributed by atoms with van der Waals surface area (Å²) >= 11 is 8.33. The van der Waals surface area contributed by atoms with Gasteiger partial charge in [0.2, 0.25) is 0 Å². The third-order valence-electron chi connectivity index (χ3n) is 5.30. The molecule has 0 unspecified atom stereocenters. The Labute approximate surface area is 206 Å². The summed E-state index contributed by atoms with van der Waals surface area (Å²) in [5.74, 6) is 0.777. The maximum absolute atomic E-state index is 6.56. The molecule has 1 aliphatic rings. The fourth-order valence-electron chi connectivity index (χ4n) is 3.39. The molecule has 1 saturated heterocycles. The molecule has 1 aromatic heterocycles. The zero-order valence-electron chi connectivity index (χ0n) is 18.2. The number of piperazine rings is 1. The molecule has 0 aliphatic carbocycles. The highest BCUT2D eigenvalue weighted by molar-refractivity contribution is 14.0. The zero-order valence-corrected chi connectivity index (χ0v) is 22.1. The minimum Gasteiger partial charge on any atom is -0.369 e. The lowest BCUT2D eigenvalue weighted by molar-refractivity contribution is 0.312. The van der Waals surface area contributed by atoms with E-state index in [1.54, 1.807) is 18.4 Å². The van der Waals surface area contributed by atoms with Gasteiger partial charge in [0.05, 0.1) is 10.7 Å². The van der Waals surface area contributed by atoms with E-state index in [-0.39, 0.29) is 24.0 Å². The number of guanidine groups is 1. The summed E-state index contributed by atoms with van der Waals surface area (Å²) in [7, 11) is 3.96. The zero-order chi connectivity index (χ0) is 20.8. The van der Waals surface area contributed by atoms with E-state index in [1.165, 1.54) is 10.6 Å². The second-order valence-electron chi connectivity index (χ2n) is 7.38. The van der Waals surface area contributed by atoms with Crippen LogP contribution in [0.5, 0.6) is 0 Å². The van der Waals surface area contributed by atoms with Crippen LogP contribution in [-0.4, -0.2) is 62.7 Å². The third-order valence-corrected chi connectivity index (χ3v) is 6.79. The minimum absolute atomic E-state index is 0. The van der Waals surface area contributed by atoms with Crippen molar-refractivity contribution in [3.8, 4) is 0 Å². The van der Waals surface area contributed by atoms with Gasteiger partial charge in [-0.25, -0.2) is 4.98 Å². The average Bonchev–Trinajstić information content (AvgIpc) is 3.03. The van der Waals surface area contributed by atoms with Crippen LogP contribution in [0.1, 0.15) is 21.1 Å². The first-order chi connectivity index (χ1) is 14.0. The maximum atomic E-state index is 6.56. The molecular weight excluding hydrogens is 531 g/mol. The number of nitrogens with one attached hydrogen (secondary N) is 2. The van der Waals surface area contributed by atoms with Gasteiger partial charge in [-0.3, -0.25) is 4.99 Å². The van der Waals surface area contributed by atoms with E-state index in [4.69, 9.17) is 11.6 Å². The van der Waals surface area contributed by atoms with Crippen molar-refractivity contribution < 1.29 is 0 Å². The molecule has 1 fully saturated rings. The van der Waals surface area contributed by atoms with Crippen molar-refractivity contribution in [3.05, 3.63) is 44.4 Å². The Morgan fingerprint density at radius 2 is 1.93 bits per heavy atom. The first kappa shape index (κ1) is 25.2. The Hall–Kier alpha value is -1.10. The maximum Gasteiger partial charge on any atom is 0.191 e. The molecule has 3 rings (SSSR count). The lowest BCUT2D eigenvalue weighted by Gasteiger charge is -2.35. The number of aryl methyl sites for hydroxylation is 2. The van der Waals surface area contributed by atoms with Crippen LogP contribution in [0, 0.1) is 13.8 Å². The smallest absolute Gasteiger partial charge is 0.191 e. The highest BCUT2D eigenvalue weighted by Gasteiger charge is 2.18. The van der Waals surface area contributed by atoms with E-state index < -0.39 is 0 Å². The van der Waals surface area contributed by atoms with Crippen molar-refractivity contribution in [2.75, 3.05) is 51.7 Å². The fraction of sp³-hybridized carbons (Fsp3) is 0.524. The molecule has 1 aromatic carbocycles. The number of hydrogen-bond donors (Lipinski definition) is 2. The van der Waals surface area contributed by atoms with Crippen molar-refractivity contribution in [3.63, 3.8) is 0 Å². The molecule has 0 atom stereocenters. The van der Waals surface area contributed by atoms with Gasteiger partial charge in [-0.2, -0.15) is 0 Å². The Bertz CT molecular complexity index is 829. The molecule has 2 aromatic rings. The van der Waals surface area contributed by atoms with Gasteiger partial charge in [-0.15, -0.1) is 35.3 Å². The molecule has 9 heteroatoms. The normalized spacial score (nSPS) is 15.1. The van der Waals surface area contributed by atoms with Crippen LogP contribution in [-0.2, 0) is 13.0 Å². The molecule has 0 amide bonds. The molecule has 2 N–H and O–H groups in total. The second kappa shape index (κ2) is 12.1. The monoisotopic (exact) mass is 562 g/mol. The predicted octanol–water partition coefficient (Wildman–Crippen LogP) is 3.69. The van der Waals surface area contributed by atoms with Gasteiger partial charge in [0, 0.05) is 73.9 Å². The number of nitrogens with zero attached hydrogens (tertiary/aromatic N) is 4. The summed E-state index contributed by atoms with van der Waals surface area (Å²) in [6.45, 7) is 9.77. The van der Waals surface area contributed by atoms with E-state index >= 15 is 0 Å². The average molecular weight is 563 g/mol. The summed E-state index contributed by atoms with van der Waals surface area (Å²) in [4.78, 5) is 15.0. The molecule has 0 radical (unpaired) electrons. The number of anilines is 1. The first-order valence-electron chi connectivity index (χ1n) is 10.1. The van der Waals surface area contributed by atoms with Crippen LogP contribution in [0.4, 0.5) is 5.69 Å². The van der Waals surface area contributed by atoms with Crippen molar-refractivity contribution in [2.45, 2.75) is 26.8 Å². The quantitative estimate of drug-likeness (QED) is 0.320. The van der Waals surface area contributed by atoms with Gasteiger partial charge >= 0.3 is 0 Å². The fourth-order valence-corrected chi connectivity index (χ4v) is 4.56. The molecule has 0 saturated carbocycles. The molecule has 30 heavy (non-hydrogen) atoms. The van der Waals surface area contributed by atoms with E-state index in [1.807, 2.05) is 12.1 Å². The number of hydrogen-bond acceptors (Lipinski definition) is 5. The lowest BCUT2D eigenvalue weighted by atomic mass is 10.1. The number of likely N-dealkylation sites (N-methyl/N-ethyl adjacent to an activating group) is 1. The Morgan fingerprint density at radius 1 is 1.20 bits per heavy atom. The van der Waals surface area contributed by atoms with Crippen molar-refractivity contribution >= 4 is 58.6 Å². The highest BCUT2D eigenvalue weighted by Crippen LogP contribution is 2.28. The van der Waals surface area contributed by atoms with Gasteiger partial charge in [0.25, 0.3) is 0 Å². The predicted molar refractivity (Wildman–Crippen MR) is 140 cm³/mol. The van der Waals surface area contributed by atoms with Crippen molar-refractivity contribution in [1.82, 2.24) is 20.5 Å². The third kappa shape index (κ3) is 6.70. The second-order valence-corrected chi connectivity index (χ2v) is 9.07. The number of halogens is 2. The van der Waals surface area contributed by atoms with Crippen LogP contribution in [0.25, 0.3) is 0 Å². The standard InChI is InChI=1S/C21H31ClN6S.HI/c1-15-16(2)29-20(26-15)8-9-24-21(23-3)25-14-17-18(22)6-5-7-19(17)28-12-10-27(4)11-13-28;/h5-7H,8-14H2,1-4H3,(H2,23,24,25);1H. The van der Waals surface area contributed by atoms with Crippen LogP contribution >= 0.6 is 46.9 Å². The van der Waals surface area contributed by atoms with Crippen LogP contribution in [0.2, 0.25) is 5.02 Å². The summed E-state index contributed by atoms with van der Waals surface area (Å²) in [6.07, 6.45) is 0.888. The van der Waals surface area contributed by atoms with E-state index in [2.05, 4.69) is 57.4 Å². The molecule has 166 valence electrons. The van der Waals surface area contributed by atoms with E-state index in [9.17, 15) is 0 Å². The van der Waals surface area contributed by atoms with Crippen LogP contribution in [0.15, 0.2) is 23.2 Å². The first-order valence-corrected chi connectivity index (χ1v) is 11.3. The molecule has 0 spiro atoms. The molecule has 6 nitrogen and oxygen atoms in total. The summed E-state index contributed by atoms with van der Waals surface area (Å²) < 4.78 is 0. The van der Waals surface area contributed by atoms with Crippen molar-refractivity contribution in [1.29, 1.82) is 0 Å². The van der Waals surface area contributed by atoms with Crippen LogP contribution in [0.3, 0.4) is 0 Å². The van der Waals surface area contributed by atoms with E-state index in [0.717, 1.165) is 66.4 Å². The lowest BCUT2D eigenvalue weighted by Crippen LogP contribution is -2.45. The molecule has 2 heterocycles. The largest absolute Gasteiger partial charge is 0.369 e. The minimum atomic E-state index is 0. The van der Waals surface area contributed by atoms with Gasteiger partial charge in [-0.05, 0) is 33.0 Å². The van der Waals surface area contributed by atoms with E-state index in [0.29, 0.717) is 6.54 Å². The van der Waals surface area contributed by atoms with Crippen molar-refractivity contribution in [2.24, 2.45) is 4.99 Å². The highest BCUT2D eigenvalue weighted by atomic mass is 127. The van der Waals surface area contributed by atoms with Crippen LogP contribution < -0.4 is 15.5 Å². The summed E-state index contributed by atoms with van der Waals surface area (Å²) in [5, 5.41) is 8.75. The SMILES string of the molecule is CN=C(NCCc1nc(C)c(C)s1)NCc1c(Cl)cccc1N1CCN(C)CC1.I. The number of aromatic nitrogens is 1.